The zero-order chi connectivity index (χ0) is 10.4. The molecule has 0 spiro atoms. The van der Waals surface area contributed by atoms with Gasteiger partial charge in [-0.25, -0.2) is 0 Å². The van der Waals surface area contributed by atoms with Crippen molar-refractivity contribution < 1.29 is 5.11 Å². The molecule has 1 aromatic rings. The fourth-order valence-corrected chi connectivity index (χ4v) is 1.15. The maximum absolute atomic E-state index is 9.71. The zero-order valence-electron chi connectivity index (χ0n) is 8.14. The van der Waals surface area contributed by atoms with Gasteiger partial charge in [-0.1, -0.05) is 36.4 Å². The molecular weight excluding hydrogens is 174 g/mol. The summed E-state index contributed by atoms with van der Waals surface area (Å²) in [5, 5.41) is 18.2. The van der Waals surface area contributed by atoms with E-state index in [1.165, 1.54) is 0 Å². The fourth-order valence-electron chi connectivity index (χ4n) is 1.15. The molecule has 0 aliphatic rings. The number of nitrogens with zero attached hydrogens (tertiary/aromatic N) is 1. The van der Waals surface area contributed by atoms with Crippen molar-refractivity contribution in [3.63, 3.8) is 0 Å². The third-order valence-corrected chi connectivity index (χ3v) is 2.01. The predicted molar refractivity (Wildman–Crippen MR) is 55.4 cm³/mol. The first kappa shape index (κ1) is 10.5. The lowest BCUT2D eigenvalue weighted by molar-refractivity contribution is 0.181. The Kier molecular flexibility index (Phi) is 3.90. The van der Waals surface area contributed by atoms with Crippen molar-refractivity contribution in [2.75, 3.05) is 0 Å². The van der Waals surface area contributed by atoms with E-state index in [0.29, 0.717) is 12.0 Å². The molecule has 1 rings (SSSR count). The number of hydrogen-bond acceptors (Lipinski definition) is 2. The van der Waals surface area contributed by atoms with E-state index in [9.17, 15) is 5.11 Å². The van der Waals surface area contributed by atoms with Crippen LogP contribution in [0.5, 0.6) is 0 Å². The number of aliphatic hydroxyl groups excluding tert-OH is 1. The molecule has 0 heterocycles. The maximum Gasteiger partial charge on any atom is 0.0940 e. The van der Waals surface area contributed by atoms with Crippen molar-refractivity contribution in [2.24, 2.45) is 0 Å². The summed E-state index contributed by atoms with van der Waals surface area (Å²) < 4.78 is 0. The second-order valence-electron chi connectivity index (χ2n) is 3.16. The molecule has 72 valence electrons. The molecule has 1 N–H and O–H groups in total. The van der Waals surface area contributed by atoms with Gasteiger partial charge < -0.3 is 5.11 Å². The monoisotopic (exact) mass is 187 g/mol. The summed E-state index contributed by atoms with van der Waals surface area (Å²) in [7, 11) is 0. The fraction of sp³-hybridized carbons (Fsp3) is 0.250. The molecule has 0 aliphatic heterocycles. The van der Waals surface area contributed by atoms with Crippen LogP contribution in [0, 0.1) is 11.3 Å². The lowest BCUT2D eigenvalue weighted by Gasteiger charge is -2.07. The third-order valence-electron chi connectivity index (χ3n) is 2.01. The minimum atomic E-state index is -0.514. The SMILES string of the molecule is C/C(C#N)=C/C[C@@H](O)c1ccccc1. The van der Waals surface area contributed by atoms with Crippen LogP contribution < -0.4 is 0 Å². The molecular formula is C12H13NO. The largest absolute Gasteiger partial charge is 0.388 e. The lowest BCUT2D eigenvalue weighted by Crippen LogP contribution is -1.94. The van der Waals surface area contributed by atoms with Gasteiger partial charge in [0.15, 0.2) is 0 Å². The molecule has 1 atom stereocenters. The van der Waals surface area contributed by atoms with E-state index in [-0.39, 0.29) is 0 Å². The van der Waals surface area contributed by atoms with Gasteiger partial charge in [-0.2, -0.15) is 5.26 Å². The van der Waals surface area contributed by atoms with Crippen LogP contribution >= 0.6 is 0 Å². The standard InChI is InChI=1S/C12H13NO/c1-10(9-13)7-8-12(14)11-5-3-2-4-6-11/h2-7,12,14H,8H2,1H3/b10-7-/t12-/m1/s1. The van der Waals surface area contributed by atoms with Crippen molar-refractivity contribution in [1.29, 1.82) is 5.26 Å². The van der Waals surface area contributed by atoms with Gasteiger partial charge in [0.25, 0.3) is 0 Å². The van der Waals surface area contributed by atoms with Crippen molar-refractivity contribution >= 4 is 0 Å². The lowest BCUT2D eigenvalue weighted by atomic mass is 10.1. The van der Waals surface area contributed by atoms with E-state index < -0.39 is 6.10 Å². The Bertz CT molecular complexity index is 348. The topological polar surface area (TPSA) is 44.0 Å². The molecule has 2 nitrogen and oxygen atoms in total. The molecule has 0 aliphatic carbocycles. The van der Waals surface area contributed by atoms with E-state index in [1.54, 1.807) is 13.0 Å². The summed E-state index contributed by atoms with van der Waals surface area (Å²) in [6, 6.07) is 11.5. The Hall–Kier alpha value is -1.59. The highest BCUT2D eigenvalue weighted by atomic mass is 16.3. The molecule has 0 radical (unpaired) electrons. The van der Waals surface area contributed by atoms with Crippen LogP contribution in [0.1, 0.15) is 25.0 Å². The van der Waals surface area contributed by atoms with Gasteiger partial charge in [-0.15, -0.1) is 0 Å². The van der Waals surface area contributed by atoms with E-state index in [4.69, 9.17) is 5.26 Å². The number of aliphatic hydroxyl groups is 1. The van der Waals surface area contributed by atoms with Gasteiger partial charge in [-0.05, 0) is 18.9 Å². The Balaban J connectivity index is 2.61. The van der Waals surface area contributed by atoms with Crippen LogP contribution in [-0.4, -0.2) is 5.11 Å². The molecule has 0 aromatic heterocycles. The predicted octanol–water partition coefficient (Wildman–Crippen LogP) is 2.58. The molecule has 14 heavy (non-hydrogen) atoms. The molecule has 2 heteroatoms. The summed E-state index contributed by atoms with van der Waals surface area (Å²) >= 11 is 0. The van der Waals surface area contributed by atoms with Crippen molar-refractivity contribution in [3.8, 4) is 6.07 Å². The summed E-state index contributed by atoms with van der Waals surface area (Å²) in [6.45, 7) is 1.73. The molecule has 1 aromatic carbocycles. The van der Waals surface area contributed by atoms with Gasteiger partial charge in [0.05, 0.1) is 12.2 Å². The first-order valence-electron chi connectivity index (χ1n) is 4.54. The maximum atomic E-state index is 9.71. The van der Waals surface area contributed by atoms with Crippen LogP contribution in [0.25, 0.3) is 0 Å². The van der Waals surface area contributed by atoms with Crippen LogP contribution in [-0.2, 0) is 0 Å². The average molecular weight is 187 g/mol. The zero-order valence-corrected chi connectivity index (χ0v) is 8.14. The van der Waals surface area contributed by atoms with Crippen LogP contribution in [0.3, 0.4) is 0 Å². The van der Waals surface area contributed by atoms with Crippen molar-refractivity contribution in [2.45, 2.75) is 19.4 Å². The highest BCUT2D eigenvalue weighted by molar-refractivity contribution is 5.21. The van der Waals surface area contributed by atoms with Gasteiger partial charge in [0.1, 0.15) is 0 Å². The molecule has 0 saturated heterocycles. The normalized spacial score (nSPS) is 13.4. The van der Waals surface area contributed by atoms with E-state index in [0.717, 1.165) is 5.56 Å². The minimum absolute atomic E-state index is 0.489. The van der Waals surface area contributed by atoms with Crippen molar-refractivity contribution in [3.05, 3.63) is 47.5 Å². The average Bonchev–Trinajstić information content (AvgIpc) is 2.26. The summed E-state index contributed by atoms with van der Waals surface area (Å²) in [4.78, 5) is 0. The summed E-state index contributed by atoms with van der Waals surface area (Å²) in [5.74, 6) is 0. The Morgan fingerprint density at radius 3 is 2.71 bits per heavy atom. The third kappa shape index (κ3) is 3.04. The second kappa shape index (κ2) is 5.21. The number of benzene rings is 1. The van der Waals surface area contributed by atoms with Crippen LogP contribution in [0.4, 0.5) is 0 Å². The summed E-state index contributed by atoms with van der Waals surface area (Å²) in [6.07, 6.45) is 1.72. The molecule has 0 amide bonds. The van der Waals surface area contributed by atoms with Gasteiger partial charge >= 0.3 is 0 Å². The Labute approximate surface area is 84.1 Å². The van der Waals surface area contributed by atoms with Gasteiger partial charge in [-0.3, -0.25) is 0 Å². The van der Waals surface area contributed by atoms with Crippen LogP contribution in [0.15, 0.2) is 42.0 Å². The first-order valence-corrected chi connectivity index (χ1v) is 4.54. The van der Waals surface area contributed by atoms with Gasteiger partial charge in [0.2, 0.25) is 0 Å². The molecule has 0 fully saturated rings. The van der Waals surface area contributed by atoms with Crippen molar-refractivity contribution in [1.82, 2.24) is 0 Å². The second-order valence-corrected chi connectivity index (χ2v) is 3.16. The van der Waals surface area contributed by atoms with E-state index in [1.807, 2.05) is 36.4 Å². The quantitative estimate of drug-likeness (QED) is 0.739. The molecule has 0 bridgehead atoms. The number of rotatable bonds is 3. The Morgan fingerprint density at radius 2 is 2.14 bits per heavy atom. The highest BCUT2D eigenvalue weighted by Crippen LogP contribution is 2.16. The smallest absolute Gasteiger partial charge is 0.0940 e. The Morgan fingerprint density at radius 1 is 1.50 bits per heavy atom. The first-order chi connectivity index (χ1) is 6.74. The van der Waals surface area contributed by atoms with E-state index in [2.05, 4.69) is 0 Å². The number of nitriles is 1. The van der Waals surface area contributed by atoms with Gasteiger partial charge in [0, 0.05) is 5.57 Å². The summed E-state index contributed by atoms with van der Waals surface area (Å²) in [5.41, 5.74) is 1.52. The molecule has 0 saturated carbocycles. The van der Waals surface area contributed by atoms with Crippen LogP contribution in [0.2, 0.25) is 0 Å². The highest BCUT2D eigenvalue weighted by Gasteiger charge is 2.03. The number of hydrogen-bond donors (Lipinski definition) is 1. The number of allylic oxidation sites excluding steroid dienone is 1. The molecule has 0 unspecified atom stereocenters. The minimum Gasteiger partial charge on any atom is -0.388 e. The van der Waals surface area contributed by atoms with E-state index >= 15 is 0 Å².